The van der Waals surface area contributed by atoms with E-state index in [2.05, 4.69) is 30.4 Å². The van der Waals surface area contributed by atoms with Crippen LogP contribution in [0.5, 0.6) is 6.01 Å². The van der Waals surface area contributed by atoms with E-state index in [0.29, 0.717) is 36.0 Å². The zero-order valence-corrected chi connectivity index (χ0v) is 25.1. The molecule has 6 aromatic rings. The molecule has 1 atom stereocenters. The summed E-state index contributed by atoms with van der Waals surface area (Å²) in [5, 5.41) is 24.1. The Bertz CT molecular complexity index is 2080. The lowest BCUT2D eigenvalue weighted by Crippen LogP contribution is -2.16. The van der Waals surface area contributed by atoms with Gasteiger partial charge in [0.2, 0.25) is 5.82 Å². The molecular formula is C31H27N7O9. The molecule has 0 amide bonds. The monoisotopic (exact) mass is 641 g/mol. The number of nitrogens with one attached hydrogen (secondary N) is 1. The van der Waals surface area contributed by atoms with E-state index in [1.54, 1.807) is 18.2 Å². The third-order valence-corrected chi connectivity index (χ3v) is 7.14. The minimum Gasteiger partial charge on any atom is -0.465 e. The normalized spacial score (nSPS) is 11.8. The van der Waals surface area contributed by atoms with Gasteiger partial charge in [-0.3, -0.25) is 4.57 Å². The molecule has 3 aromatic carbocycles. The Balaban J connectivity index is 1.22. The number of nitrogens with zero attached hydrogens (tertiary/aromatic N) is 6. The fraction of sp³-hybridized carbons (Fsp3) is 0.226. The first-order valence-electron chi connectivity index (χ1n) is 14.4. The predicted molar refractivity (Wildman–Crippen MR) is 163 cm³/mol. The number of carbonyl (C=O) groups is 1. The van der Waals surface area contributed by atoms with Crippen LogP contribution in [0.4, 0.5) is 0 Å². The summed E-state index contributed by atoms with van der Waals surface area (Å²) in [4.78, 5) is 44.4. The highest BCUT2D eigenvalue weighted by atomic mass is 17.0. The Morgan fingerprint density at radius 2 is 1.83 bits per heavy atom. The van der Waals surface area contributed by atoms with Gasteiger partial charge in [-0.1, -0.05) is 48.5 Å². The van der Waals surface area contributed by atoms with Crippen LogP contribution in [0.15, 0.2) is 80.4 Å². The summed E-state index contributed by atoms with van der Waals surface area (Å²) in [6.07, 6.45) is -1.07. The number of carbonyl (C=O) groups excluding carboxylic acids is 1. The highest BCUT2D eigenvalue weighted by molar-refractivity contribution is 5.94. The quantitative estimate of drug-likeness (QED) is 0.106. The number of imidazole rings is 1. The lowest BCUT2D eigenvalue weighted by atomic mass is 9.98. The Hall–Kier alpha value is -6.32. The number of tetrazole rings is 1. The van der Waals surface area contributed by atoms with Gasteiger partial charge in [-0.25, -0.2) is 9.59 Å². The summed E-state index contributed by atoms with van der Waals surface area (Å²) in [6.45, 7) is 3.62. The van der Waals surface area contributed by atoms with Gasteiger partial charge in [-0.2, -0.15) is 10.2 Å². The van der Waals surface area contributed by atoms with Crippen molar-refractivity contribution in [2.75, 3.05) is 6.61 Å². The number of hydrogen-bond acceptors (Lipinski definition) is 13. The van der Waals surface area contributed by atoms with Crippen molar-refractivity contribution in [2.24, 2.45) is 0 Å². The van der Waals surface area contributed by atoms with E-state index in [1.165, 1.54) is 6.92 Å². The summed E-state index contributed by atoms with van der Waals surface area (Å²) in [5.74, 6) is -1.33. The number of benzene rings is 3. The second-order valence-electron chi connectivity index (χ2n) is 10.3. The highest BCUT2D eigenvalue weighted by Crippen LogP contribution is 2.31. The number of aromatic amines is 1. The first-order chi connectivity index (χ1) is 22.8. The van der Waals surface area contributed by atoms with Gasteiger partial charge >= 0.3 is 11.8 Å². The standard InChI is InChI=1S/C31H27N7O9/c1-3-43-30-32-24-13-12-21(29(39)44-17-27-26(45-31(40)46-27)14-18(2)47-38(41)42)15-25(24)37(30)16-19-8-10-20(11-9-19)22-6-4-5-7-23(22)28-33-35-36-34-28/h4-13,15,18H,3,14,16-17H2,1-2H3,(H,33,34,35,36)/t18-/m1/s1. The second kappa shape index (κ2) is 13.4. The van der Waals surface area contributed by atoms with Crippen molar-refractivity contribution in [3.63, 3.8) is 0 Å². The molecule has 0 saturated heterocycles. The van der Waals surface area contributed by atoms with Gasteiger partial charge < -0.3 is 23.1 Å². The second-order valence-corrected chi connectivity index (χ2v) is 10.3. The van der Waals surface area contributed by atoms with Crippen LogP contribution in [0, 0.1) is 10.1 Å². The SMILES string of the molecule is CCOc1nc2ccc(C(=O)OCc3oc(=O)oc3C[C@@H](C)O[N+](=O)[O-])cc2n1Cc1ccc(-c2ccccc2-c2nn[nH]n2)cc1. The number of rotatable bonds is 13. The fourth-order valence-corrected chi connectivity index (χ4v) is 5.06. The summed E-state index contributed by atoms with van der Waals surface area (Å²) in [7, 11) is 0. The minimum atomic E-state index is -1.03. The van der Waals surface area contributed by atoms with Crippen LogP contribution in [0.1, 0.15) is 41.3 Å². The molecule has 0 bridgehead atoms. The van der Waals surface area contributed by atoms with E-state index in [0.717, 1.165) is 22.3 Å². The molecule has 0 fully saturated rings. The van der Waals surface area contributed by atoms with E-state index in [1.807, 2.05) is 60.0 Å². The van der Waals surface area contributed by atoms with E-state index in [4.69, 9.17) is 18.3 Å². The molecule has 47 heavy (non-hydrogen) atoms. The van der Waals surface area contributed by atoms with Crippen molar-refractivity contribution in [3.8, 4) is 28.5 Å². The Morgan fingerprint density at radius 1 is 1.06 bits per heavy atom. The number of H-pyrrole nitrogens is 1. The first-order valence-corrected chi connectivity index (χ1v) is 14.4. The summed E-state index contributed by atoms with van der Waals surface area (Å²) in [6, 6.07) is 21.1. The van der Waals surface area contributed by atoms with Crippen LogP contribution >= 0.6 is 0 Å². The molecule has 3 aromatic heterocycles. The minimum absolute atomic E-state index is 0.0173. The molecule has 0 aliphatic rings. The van der Waals surface area contributed by atoms with E-state index >= 15 is 0 Å². The Morgan fingerprint density at radius 3 is 2.55 bits per heavy atom. The zero-order valence-electron chi connectivity index (χ0n) is 25.1. The van der Waals surface area contributed by atoms with Crippen LogP contribution in [0.2, 0.25) is 0 Å². The Labute approximate surface area is 265 Å². The van der Waals surface area contributed by atoms with Crippen molar-refractivity contribution in [3.05, 3.63) is 110 Å². The molecule has 0 saturated carbocycles. The highest BCUT2D eigenvalue weighted by Gasteiger charge is 2.21. The van der Waals surface area contributed by atoms with E-state index in [-0.39, 0.29) is 23.5 Å². The molecule has 240 valence electrons. The van der Waals surface area contributed by atoms with Crippen molar-refractivity contribution in [2.45, 2.75) is 39.5 Å². The number of hydrogen-bond donors (Lipinski definition) is 1. The van der Waals surface area contributed by atoms with Crippen LogP contribution < -0.4 is 10.6 Å². The maximum Gasteiger partial charge on any atom is 0.519 e. The van der Waals surface area contributed by atoms with Crippen molar-refractivity contribution < 1.29 is 33.0 Å². The smallest absolute Gasteiger partial charge is 0.465 e. The van der Waals surface area contributed by atoms with Crippen LogP contribution in [0.3, 0.4) is 0 Å². The van der Waals surface area contributed by atoms with Crippen LogP contribution in [-0.2, 0) is 29.1 Å². The molecule has 3 heterocycles. The van der Waals surface area contributed by atoms with Gasteiger partial charge in [0.25, 0.3) is 11.1 Å². The summed E-state index contributed by atoms with van der Waals surface area (Å²) < 4.78 is 23.0. The molecule has 1 N–H and O–H groups in total. The largest absolute Gasteiger partial charge is 0.519 e. The molecule has 16 heteroatoms. The molecule has 0 spiro atoms. The molecule has 6 rings (SSSR count). The van der Waals surface area contributed by atoms with Crippen molar-refractivity contribution in [1.82, 2.24) is 30.2 Å². The van der Waals surface area contributed by atoms with Gasteiger partial charge in [0, 0.05) is 12.0 Å². The van der Waals surface area contributed by atoms with E-state index < -0.39 is 29.6 Å². The number of aromatic nitrogens is 6. The zero-order chi connectivity index (χ0) is 32.9. The first kappa shape index (κ1) is 30.7. The van der Waals surface area contributed by atoms with Crippen molar-refractivity contribution in [1.29, 1.82) is 0 Å². The molecule has 0 unspecified atom stereocenters. The number of ether oxygens (including phenoxy) is 2. The van der Waals surface area contributed by atoms with Gasteiger partial charge in [-0.05, 0) is 54.0 Å². The molecule has 0 aliphatic carbocycles. The molecule has 0 radical (unpaired) electrons. The topological polar surface area (TPSA) is 204 Å². The number of esters is 1. The van der Waals surface area contributed by atoms with Crippen LogP contribution in [-0.4, -0.2) is 53.9 Å². The third-order valence-electron chi connectivity index (χ3n) is 7.14. The summed E-state index contributed by atoms with van der Waals surface area (Å²) in [5.41, 5.74) is 5.18. The summed E-state index contributed by atoms with van der Waals surface area (Å²) >= 11 is 0. The van der Waals surface area contributed by atoms with Gasteiger partial charge in [-0.15, -0.1) is 20.3 Å². The molecule has 16 nitrogen and oxygen atoms in total. The van der Waals surface area contributed by atoms with Gasteiger partial charge in [0.05, 0.1) is 29.7 Å². The van der Waals surface area contributed by atoms with Crippen molar-refractivity contribution >= 4 is 17.0 Å². The lowest BCUT2D eigenvalue weighted by Gasteiger charge is -2.11. The maximum absolute atomic E-state index is 13.1. The van der Waals surface area contributed by atoms with Gasteiger partial charge in [0.15, 0.2) is 18.1 Å². The average Bonchev–Trinajstić information content (AvgIpc) is 3.79. The molecule has 0 aliphatic heterocycles. The fourth-order valence-electron chi connectivity index (χ4n) is 5.06. The average molecular weight is 642 g/mol. The van der Waals surface area contributed by atoms with E-state index in [9.17, 15) is 19.7 Å². The lowest BCUT2D eigenvalue weighted by molar-refractivity contribution is -0.767. The third kappa shape index (κ3) is 6.85. The number of fused-ring (bicyclic) bond motifs is 1. The predicted octanol–water partition coefficient (Wildman–Crippen LogP) is 4.37. The Kier molecular flexibility index (Phi) is 8.72. The van der Waals surface area contributed by atoms with Gasteiger partial charge in [0.1, 0.15) is 6.10 Å². The van der Waals surface area contributed by atoms with Crippen LogP contribution in [0.25, 0.3) is 33.5 Å². The molecular weight excluding hydrogens is 614 g/mol. The maximum atomic E-state index is 13.1.